The molecule has 0 saturated carbocycles. The van der Waals surface area contributed by atoms with Crippen molar-refractivity contribution < 1.29 is 39.1 Å². The third-order valence-corrected chi connectivity index (χ3v) is 10.8. The van der Waals surface area contributed by atoms with E-state index in [4.69, 9.17) is 24.4 Å². The van der Waals surface area contributed by atoms with Gasteiger partial charge in [-0.05, 0) is 58.3 Å². The molecule has 2 heterocycles. The fourth-order valence-corrected chi connectivity index (χ4v) is 7.36. The molecule has 2 aliphatic heterocycles. The van der Waals surface area contributed by atoms with Crippen molar-refractivity contribution in [2.45, 2.75) is 136 Å². The summed E-state index contributed by atoms with van der Waals surface area (Å²) in [5.41, 5.74) is -2.99. The summed E-state index contributed by atoms with van der Waals surface area (Å²) in [4.78, 5) is 13.8. The van der Waals surface area contributed by atoms with Crippen molar-refractivity contribution in [3.05, 3.63) is 0 Å². The van der Waals surface area contributed by atoms with E-state index >= 15 is 0 Å². The number of esters is 1. The second-order valence-electron chi connectivity index (χ2n) is 13.4. The first-order chi connectivity index (χ1) is 18.3. The smallest absolute Gasteiger partial charge is 0.309 e. The highest BCUT2D eigenvalue weighted by atomic mass is 16.6. The number of hydrogen-bond donors (Lipinski definition) is 4. The molecule has 2 rings (SSSR count). The van der Waals surface area contributed by atoms with Gasteiger partial charge in [0.2, 0.25) is 0 Å². The van der Waals surface area contributed by atoms with E-state index in [-0.39, 0.29) is 23.7 Å². The molecule has 0 aromatic carbocycles. The van der Waals surface area contributed by atoms with Crippen molar-refractivity contribution in [1.82, 2.24) is 0 Å². The number of nitrogens with one attached hydrogen (secondary N) is 1. The summed E-state index contributed by atoms with van der Waals surface area (Å²) in [7, 11) is 3.25. The number of aliphatic hydroxyl groups is 3. The third kappa shape index (κ3) is 6.60. The van der Waals surface area contributed by atoms with Crippen LogP contribution in [0.3, 0.4) is 0 Å². The summed E-state index contributed by atoms with van der Waals surface area (Å²) in [6.07, 6.45) is -2.87. The monoisotopic (exact) mass is 571 g/mol. The van der Waals surface area contributed by atoms with Crippen LogP contribution in [0.4, 0.5) is 0 Å². The molecule has 0 amide bonds. The van der Waals surface area contributed by atoms with Crippen LogP contribution in [0.5, 0.6) is 0 Å². The Morgan fingerprint density at radius 1 is 0.925 bits per heavy atom. The van der Waals surface area contributed by atoms with Crippen molar-refractivity contribution >= 4 is 11.7 Å². The van der Waals surface area contributed by atoms with Gasteiger partial charge in [-0.3, -0.25) is 4.79 Å². The number of cyclic esters (lactones) is 1. The van der Waals surface area contributed by atoms with Crippen LogP contribution in [0, 0.1) is 40.9 Å². The zero-order valence-corrected chi connectivity index (χ0v) is 26.9. The molecule has 0 aromatic heterocycles. The Hall–Kier alpha value is -1.10. The molecule has 2 saturated heterocycles. The zero-order valence-electron chi connectivity index (χ0n) is 26.9. The second-order valence-corrected chi connectivity index (χ2v) is 13.4. The lowest BCUT2D eigenvalue weighted by Crippen LogP contribution is -2.60. The van der Waals surface area contributed by atoms with Crippen LogP contribution in [0.1, 0.15) is 88.5 Å². The van der Waals surface area contributed by atoms with Gasteiger partial charge < -0.3 is 39.7 Å². The largest absolute Gasteiger partial charge is 0.459 e. The molecule has 0 spiro atoms. The molecular weight excluding hydrogens is 514 g/mol. The van der Waals surface area contributed by atoms with E-state index in [1.54, 1.807) is 28.1 Å². The molecule has 4 N–H and O–H groups in total. The van der Waals surface area contributed by atoms with E-state index in [0.717, 1.165) is 0 Å². The lowest BCUT2D eigenvalue weighted by Gasteiger charge is -2.51. The van der Waals surface area contributed by atoms with E-state index in [2.05, 4.69) is 13.8 Å². The number of rotatable bonds is 4. The molecule has 9 nitrogen and oxygen atoms in total. The second kappa shape index (κ2) is 13.0. The van der Waals surface area contributed by atoms with E-state index in [1.165, 1.54) is 6.92 Å². The van der Waals surface area contributed by atoms with Gasteiger partial charge in [0.15, 0.2) is 0 Å². The minimum absolute atomic E-state index is 0.0687. The average molecular weight is 572 g/mol. The highest BCUT2D eigenvalue weighted by molar-refractivity contribution is 5.86. The van der Waals surface area contributed by atoms with Gasteiger partial charge in [0.25, 0.3) is 0 Å². The highest BCUT2D eigenvalue weighted by Crippen LogP contribution is 2.46. The van der Waals surface area contributed by atoms with E-state index in [0.29, 0.717) is 25.0 Å². The first-order valence-corrected chi connectivity index (χ1v) is 15.0. The predicted octanol–water partition coefficient (Wildman–Crippen LogP) is 3.99. The molecule has 234 valence electrons. The maximum atomic E-state index is 13.8. The number of methoxy groups -OCH3 is 2. The van der Waals surface area contributed by atoms with E-state index in [9.17, 15) is 20.1 Å². The van der Waals surface area contributed by atoms with Crippen LogP contribution in [0.2, 0.25) is 0 Å². The van der Waals surface area contributed by atoms with Crippen LogP contribution in [-0.4, -0.2) is 88.5 Å². The maximum absolute atomic E-state index is 13.8. The summed E-state index contributed by atoms with van der Waals surface area (Å²) in [6.45, 7) is 18.7. The van der Waals surface area contributed by atoms with Gasteiger partial charge in [-0.25, -0.2) is 0 Å². The normalized spacial score (nSPS) is 50.2. The Morgan fingerprint density at radius 3 is 1.98 bits per heavy atom. The van der Waals surface area contributed by atoms with Gasteiger partial charge in [-0.15, -0.1) is 0 Å². The Bertz CT molecular complexity index is 881. The molecule has 2 aliphatic rings. The quantitative estimate of drug-likeness (QED) is 0.372. The SMILES string of the molecule is CC[C@H]1OC(=O)[C@H](C)C([C@H]2C[C@@](C)(OC)[C@@H](O)[C@H](C)O2)[C@H](C)[C@@H](C)[C@](C)(OC)C[C@@H](C)C(=N)[C@H](C)[C@@H](O)[C@]1(C)O. The van der Waals surface area contributed by atoms with Gasteiger partial charge in [0, 0.05) is 38.2 Å². The van der Waals surface area contributed by atoms with Crippen LogP contribution in [-0.2, 0) is 23.7 Å². The fraction of sp³-hybridized carbons (Fsp3) is 0.935. The molecule has 1 unspecified atom stereocenters. The van der Waals surface area contributed by atoms with Gasteiger partial charge in [-0.1, -0.05) is 41.5 Å². The zero-order chi connectivity index (χ0) is 31.0. The summed E-state index contributed by atoms with van der Waals surface area (Å²) in [6, 6.07) is 0. The number of aliphatic hydroxyl groups excluding tert-OH is 2. The fourth-order valence-electron chi connectivity index (χ4n) is 7.36. The number of hydrogen-bond acceptors (Lipinski definition) is 9. The molecule has 0 aliphatic carbocycles. The highest BCUT2D eigenvalue weighted by Gasteiger charge is 2.53. The first kappa shape index (κ1) is 35.1. The number of ether oxygens (including phenoxy) is 4. The van der Waals surface area contributed by atoms with Gasteiger partial charge >= 0.3 is 5.97 Å². The Labute approximate surface area is 241 Å². The molecule has 40 heavy (non-hydrogen) atoms. The minimum atomic E-state index is -1.77. The molecule has 2 fully saturated rings. The lowest BCUT2D eigenvalue weighted by molar-refractivity contribution is -0.236. The Balaban J connectivity index is 2.68. The van der Waals surface area contributed by atoms with Gasteiger partial charge in [-0.2, -0.15) is 0 Å². The summed E-state index contributed by atoms with van der Waals surface area (Å²) >= 11 is 0. The minimum Gasteiger partial charge on any atom is -0.459 e. The molecule has 0 radical (unpaired) electrons. The van der Waals surface area contributed by atoms with Crippen molar-refractivity contribution in [2.75, 3.05) is 14.2 Å². The predicted molar refractivity (Wildman–Crippen MR) is 154 cm³/mol. The summed E-state index contributed by atoms with van der Waals surface area (Å²) in [5.74, 6) is -2.53. The molecule has 14 atom stereocenters. The number of carbonyl (C=O) groups excluding carboxylic acids is 1. The van der Waals surface area contributed by atoms with Crippen molar-refractivity contribution in [1.29, 1.82) is 5.41 Å². The van der Waals surface area contributed by atoms with E-state index < -0.39 is 65.1 Å². The average Bonchev–Trinajstić information content (AvgIpc) is 2.91. The van der Waals surface area contributed by atoms with Crippen molar-refractivity contribution in [3.63, 3.8) is 0 Å². The van der Waals surface area contributed by atoms with Gasteiger partial charge in [0.1, 0.15) is 17.8 Å². The van der Waals surface area contributed by atoms with Gasteiger partial charge in [0.05, 0.1) is 35.4 Å². The standard InChI is InChI=1S/C31H57NO8/c1-13-23-31(10,36)26(33)19(5)25(32)16(2)14-29(8,37-11)20(6)17(3)24(18(4)28(35)40-23)22-15-30(9,38-12)27(34)21(7)39-22/h16-24,26-27,32-34,36H,13-15H2,1-12H3/t16-,17-,18-,19+,20-,21+,22-,23-,24?,26-,27+,29-,30-,31-/m1/s1. The van der Waals surface area contributed by atoms with Crippen LogP contribution < -0.4 is 0 Å². The third-order valence-electron chi connectivity index (χ3n) is 10.8. The summed E-state index contributed by atoms with van der Waals surface area (Å²) in [5, 5.41) is 42.5. The van der Waals surface area contributed by atoms with Crippen LogP contribution >= 0.6 is 0 Å². The molecule has 0 bridgehead atoms. The first-order valence-electron chi connectivity index (χ1n) is 15.0. The van der Waals surface area contributed by atoms with Crippen LogP contribution in [0.25, 0.3) is 0 Å². The molecule has 0 aromatic rings. The van der Waals surface area contributed by atoms with Crippen LogP contribution in [0.15, 0.2) is 0 Å². The Morgan fingerprint density at radius 2 is 1.48 bits per heavy atom. The topological polar surface area (TPSA) is 139 Å². The Kier molecular flexibility index (Phi) is 11.4. The summed E-state index contributed by atoms with van der Waals surface area (Å²) < 4.78 is 24.3. The maximum Gasteiger partial charge on any atom is 0.309 e. The molecule has 9 heteroatoms. The number of carbonyl (C=O) groups is 1. The molecular formula is C31H57NO8. The van der Waals surface area contributed by atoms with Crippen molar-refractivity contribution in [3.8, 4) is 0 Å². The van der Waals surface area contributed by atoms with Crippen molar-refractivity contribution in [2.24, 2.45) is 35.5 Å². The lowest BCUT2D eigenvalue weighted by atomic mass is 9.65. The van der Waals surface area contributed by atoms with E-state index in [1.807, 2.05) is 34.6 Å².